The monoisotopic (exact) mass is 192 g/mol. The molecule has 1 saturated carbocycles. The van der Waals surface area contributed by atoms with Crippen LogP contribution in [0.15, 0.2) is 24.3 Å². The molecule has 1 fully saturated rings. The van der Waals surface area contributed by atoms with E-state index in [-0.39, 0.29) is 5.91 Å². The van der Waals surface area contributed by atoms with E-state index in [9.17, 15) is 4.79 Å². The molecule has 3 heteroatoms. The molecule has 14 heavy (non-hydrogen) atoms. The minimum atomic E-state index is -0.363. The van der Waals surface area contributed by atoms with E-state index in [1.54, 1.807) is 12.1 Å². The predicted octanol–water partition coefficient (Wildman–Crippen LogP) is 1.20. The quantitative estimate of drug-likeness (QED) is 0.702. The van der Waals surface area contributed by atoms with E-state index in [1.165, 1.54) is 12.8 Å². The van der Waals surface area contributed by atoms with Gasteiger partial charge in [-0.3, -0.25) is 4.79 Å². The van der Waals surface area contributed by atoms with E-state index in [1.807, 2.05) is 19.1 Å². The summed E-state index contributed by atoms with van der Waals surface area (Å²) in [6.07, 6.45) is 2.53. The number of nitrogens with two attached hydrogens (primary N) is 2. The zero-order valence-corrected chi connectivity index (χ0v) is 8.36. The molecule has 3 nitrogen and oxygen atoms in total. The van der Waals surface area contributed by atoms with Crippen molar-refractivity contribution in [3.63, 3.8) is 0 Å². The van der Waals surface area contributed by atoms with Crippen LogP contribution in [0.4, 0.5) is 0 Å². The van der Waals surface area contributed by atoms with Crippen LogP contribution in [0.1, 0.15) is 28.8 Å². The fraction of sp³-hybridized carbons (Fsp3) is 0.364. The van der Waals surface area contributed by atoms with Crippen molar-refractivity contribution in [3.05, 3.63) is 35.4 Å². The van der Waals surface area contributed by atoms with Gasteiger partial charge in [0, 0.05) is 11.6 Å². The average molecular weight is 192 g/mol. The largest absolute Gasteiger partial charge is 0.366 e. The molecule has 2 rings (SSSR count). The number of benzene rings is 1. The standard InChI is InChI=1S/C8H9NO.C3H7N/c1-6-4-2-3-5-7(6)8(9)10;4-3-1-2-3/h2-5H,1H3,(H2,9,10);3H,1-2,4H2. The van der Waals surface area contributed by atoms with E-state index in [4.69, 9.17) is 11.5 Å². The lowest BCUT2D eigenvalue weighted by atomic mass is 10.1. The molecule has 0 radical (unpaired) electrons. The Bertz CT molecular complexity index is 319. The fourth-order valence-corrected chi connectivity index (χ4v) is 0.946. The van der Waals surface area contributed by atoms with Gasteiger partial charge in [-0.1, -0.05) is 18.2 Å². The van der Waals surface area contributed by atoms with E-state index in [0.29, 0.717) is 11.6 Å². The first-order valence-corrected chi connectivity index (χ1v) is 4.72. The number of rotatable bonds is 1. The maximum absolute atomic E-state index is 10.6. The van der Waals surface area contributed by atoms with Crippen LogP contribution in [-0.2, 0) is 0 Å². The van der Waals surface area contributed by atoms with Crippen molar-refractivity contribution in [3.8, 4) is 0 Å². The van der Waals surface area contributed by atoms with Crippen LogP contribution in [0.3, 0.4) is 0 Å². The van der Waals surface area contributed by atoms with Crippen LogP contribution >= 0.6 is 0 Å². The number of aryl methyl sites for hydroxylation is 1. The number of primary amides is 1. The molecule has 0 unspecified atom stereocenters. The highest BCUT2D eigenvalue weighted by Crippen LogP contribution is 2.13. The number of hydrogen-bond donors (Lipinski definition) is 2. The van der Waals surface area contributed by atoms with Crippen molar-refractivity contribution in [2.75, 3.05) is 0 Å². The Kier molecular flexibility index (Phi) is 3.65. The summed E-state index contributed by atoms with van der Waals surface area (Å²) in [5.74, 6) is -0.363. The third-order valence-electron chi connectivity index (χ3n) is 2.03. The van der Waals surface area contributed by atoms with E-state index in [0.717, 1.165) is 5.56 Å². The average Bonchev–Trinajstić information content (AvgIpc) is 2.89. The van der Waals surface area contributed by atoms with Crippen LogP contribution < -0.4 is 11.5 Å². The van der Waals surface area contributed by atoms with Crippen molar-refractivity contribution in [1.29, 1.82) is 0 Å². The Morgan fingerprint density at radius 2 is 1.86 bits per heavy atom. The molecule has 76 valence electrons. The second kappa shape index (κ2) is 4.77. The molecule has 1 aromatic carbocycles. The lowest BCUT2D eigenvalue weighted by Gasteiger charge is -1.97. The zero-order valence-electron chi connectivity index (χ0n) is 8.36. The Morgan fingerprint density at radius 3 is 2.14 bits per heavy atom. The van der Waals surface area contributed by atoms with Crippen LogP contribution in [-0.4, -0.2) is 11.9 Å². The van der Waals surface area contributed by atoms with Crippen molar-refractivity contribution in [2.45, 2.75) is 25.8 Å². The van der Waals surface area contributed by atoms with E-state index >= 15 is 0 Å². The number of carbonyl (C=O) groups is 1. The molecular formula is C11H16N2O. The molecule has 0 spiro atoms. The number of carbonyl (C=O) groups excluding carboxylic acids is 1. The maximum Gasteiger partial charge on any atom is 0.248 e. The lowest BCUT2D eigenvalue weighted by molar-refractivity contribution is 0.0999. The minimum Gasteiger partial charge on any atom is -0.366 e. The predicted molar refractivity (Wildman–Crippen MR) is 56.9 cm³/mol. The summed E-state index contributed by atoms with van der Waals surface area (Å²) in [5.41, 5.74) is 11.8. The van der Waals surface area contributed by atoms with Crippen molar-refractivity contribution in [2.24, 2.45) is 11.5 Å². The third kappa shape index (κ3) is 3.58. The Balaban J connectivity index is 0.000000203. The summed E-state index contributed by atoms with van der Waals surface area (Å²) >= 11 is 0. The molecule has 1 aliphatic carbocycles. The molecule has 0 heterocycles. The molecular weight excluding hydrogens is 176 g/mol. The second-order valence-electron chi connectivity index (χ2n) is 3.52. The summed E-state index contributed by atoms with van der Waals surface area (Å²) in [6, 6.07) is 7.84. The Labute approximate surface area is 84.1 Å². The van der Waals surface area contributed by atoms with Gasteiger partial charge in [-0.2, -0.15) is 0 Å². The minimum absolute atomic E-state index is 0.363. The molecule has 0 aliphatic heterocycles. The van der Waals surface area contributed by atoms with Gasteiger partial charge in [-0.05, 0) is 31.4 Å². The fourth-order valence-electron chi connectivity index (χ4n) is 0.946. The molecule has 0 atom stereocenters. The SMILES string of the molecule is Cc1ccccc1C(N)=O.NC1CC1. The van der Waals surface area contributed by atoms with Crippen molar-refractivity contribution >= 4 is 5.91 Å². The van der Waals surface area contributed by atoms with Crippen LogP contribution in [0.25, 0.3) is 0 Å². The van der Waals surface area contributed by atoms with Gasteiger partial charge in [-0.15, -0.1) is 0 Å². The first-order valence-electron chi connectivity index (χ1n) is 4.72. The summed E-state index contributed by atoms with van der Waals surface area (Å²) in [5, 5.41) is 0. The smallest absolute Gasteiger partial charge is 0.248 e. The maximum atomic E-state index is 10.6. The molecule has 1 aromatic rings. The number of hydrogen-bond acceptors (Lipinski definition) is 2. The second-order valence-corrected chi connectivity index (χ2v) is 3.52. The van der Waals surface area contributed by atoms with Gasteiger partial charge >= 0.3 is 0 Å². The van der Waals surface area contributed by atoms with E-state index in [2.05, 4.69) is 0 Å². The van der Waals surface area contributed by atoms with Gasteiger partial charge in [-0.25, -0.2) is 0 Å². The lowest BCUT2D eigenvalue weighted by Crippen LogP contribution is -2.12. The Morgan fingerprint density at radius 1 is 1.36 bits per heavy atom. The summed E-state index contributed by atoms with van der Waals surface area (Å²) in [4.78, 5) is 10.6. The van der Waals surface area contributed by atoms with Gasteiger partial charge in [0.05, 0.1) is 0 Å². The molecule has 0 bridgehead atoms. The summed E-state index contributed by atoms with van der Waals surface area (Å²) in [6.45, 7) is 1.86. The summed E-state index contributed by atoms with van der Waals surface area (Å²) in [7, 11) is 0. The van der Waals surface area contributed by atoms with Gasteiger partial charge in [0.25, 0.3) is 0 Å². The van der Waals surface area contributed by atoms with Gasteiger partial charge < -0.3 is 11.5 Å². The topological polar surface area (TPSA) is 69.1 Å². The molecule has 1 aliphatic rings. The summed E-state index contributed by atoms with van der Waals surface area (Å²) < 4.78 is 0. The highest BCUT2D eigenvalue weighted by Gasteiger charge is 2.13. The normalized spacial score (nSPS) is 14.1. The first-order chi connectivity index (χ1) is 6.61. The van der Waals surface area contributed by atoms with Crippen molar-refractivity contribution in [1.82, 2.24) is 0 Å². The van der Waals surface area contributed by atoms with Gasteiger partial charge in [0.15, 0.2) is 0 Å². The van der Waals surface area contributed by atoms with E-state index < -0.39 is 0 Å². The van der Waals surface area contributed by atoms with Gasteiger partial charge in [0.2, 0.25) is 5.91 Å². The molecule has 1 amide bonds. The van der Waals surface area contributed by atoms with Crippen molar-refractivity contribution < 1.29 is 4.79 Å². The van der Waals surface area contributed by atoms with Crippen LogP contribution in [0, 0.1) is 6.92 Å². The van der Waals surface area contributed by atoms with Crippen LogP contribution in [0.5, 0.6) is 0 Å². The molecule has 0 aromatic heterocycles. The highest BCUT2D eigenvalue weighted by atomic mass is 16.1. The van der Waals surface area contributed by atoms with Crippen LogP contribution in [0.2, 0.25) is 0 Å². The molecule has 0 saturated heterocycles. The first kappa shape index (κ1) is 10.7. The van der Waals surface area contributed by atoms with Gasteiger partial charge in [0.1, 0.15) is 0 Å². The Hall–Kier alpha value is -1.35. The number of amides is 1. The zero-order chi connectivity index (χ0) is 10.6. The highest BCUT2D eigenvalue weighted by molar-refractivity contribution is 5.94. The third-order valence-corrected chi connectivity index (χ3v) is 2.03. The molecule has 4 N–H and O–H groups in total.